The first-order valence-electron chi connectivity index (χ1n) is 4.72. The summed E-state index contributed by atoms with van der Waals surface area (Å²) in [6, 6.07) is 6.91. The van der Waals surface area contributed by atoms with E-state index < -0.39 is 12.0 Å². The van der Waals surface area contributed by atoms with Crippen molar-refractivity contribution in [3.05, 3.63) is 36.0 Å². The Hall–Kier alpha value is -1.15. The Balaban J connectivity index is 0.00000128. The Labute approximate surface area is 106 Å². The molecule has 0 radical (unpaired) electrons. The van der Waals surface area contributed by atoms with Gasteiger partial charge in [-0.1, -0.05) is 18.2 Å². The molecule has 0 amide bonds. The standard InChI is InChI=1S/C11H12N2O2.Pd/c12-9(11(14)15)5-7-6-13-10-4-2-1-3-8(7)10;/h1-4,6,9,13H,5,12H2,(H,14,15);/t9-;/m0./s1. The minimum absolute atomic E-state index is 0. The van der Waals surface area contributed by atoms with Crippen LogP contribution in [0.4, 0.5) is 0 Å². The van der Waals surface area contributed by atoms with Gasteiger partial charge in [0.15, 0.2) is 0 Å². The predicted molar refractivity (Wildman–Crippen MR) is 57.6 cm³/mol. The van der Waals surface area contributed by atoms with E-state index in [2.05, 4.69) is 4.98 Å². The molecule has 0 aliphatic carbocycles. The van der Waals surface area contributed by atoms with Crippen molar-refractivity contribution in [2.24, 2.45) is 5.73 Å². The molecule has 1 atom stereocenters. The van der Waals surface area contributed by atoms with Crippen molar-refractivity contribution in [1.82, 2.24) is 4.98 Å². The first kappa shape index (κ1) is 12.9. The number of benzene rings is 1. The maximum atomic E-state index is 10.6. The number of aromatic amines is 1. The van der Waals surface area contributed by atoms with Crippen molar-refractivity contribution in [1.29, 1.82) is 0 Å². The Morgan fingerprint density at radius 2 is 2.12 bits per heavy atom. The Morgan fingerprint density at radius 3 is 2.81 bits per heavy atom. The fraction of sp³-hybridized carbons (Fsp3) is 0.182. The summed E-state index contributed by atoms with van der Waals surface area (Å²) in [5.41, 5.74) is 7.43. The molecule has 0 aliphatic rings. The molecule has 1 aromatic carbocycles. The second kappa shape index (κ2) is 5.26. The molecular formula is C11H12N2O2Pd. The Morgan fingerprint density at radius 1 is 1.44 bits per heavy atom. The third-order valence-electron chi connectivity index (χ3n) is 2.43. The number of fused-ring (bicyclic) bond motifs is 1. The molecule has 2 rings (SSSR count). The number of carbonyl (C=O) groups is 1. The molecule has 0 fully saturated rings. The van der Waals surface area contributed by atoms with E-state index in [1.165, 1.54) is 0 Å². The van der Waals surface area contributed by atoms with Gasteiger partial charge in [-0.25, -0.2) is 0 Å². The molecule has 0 saturated carbocycles. The number of carboxylic acid groups (broad SMARTS) is 1. The van der Waals surface area contributed by atoms with E-state index >= 15 is 0 Å². The van der Waals surface area contributed by atoms with Crippen LogP contribution >= 0.6 is 0 Å². The number of carboxylic acids is 1. The maximum Gasteiger partial charge on any atom is 0.320 e. The zero-order chi connectivity index (χ0) is 10.8. The van der Waals surface area contributed by atoms with Gasteiger partial charge in [-0.05, 0) is 11.6 Å². The maximum absolute atomic E-state index is 10.6. The van der Waals surface area contributed by atoms with Crippen LogP contribution in [0.3, 0.4) is 0 Å². The van der Waals surface area contributed by atoms with Crippen molar-refractivity contribution in [3.63, 3.8) is 0 Å². The summed E-state index contributed by atoms with van der Waals surface area (Å²) >= 11 is 0. The van der Waals surface area contributed by atoms with E-state index in [1.807, 2.05) is 30.5 Å². The molecule has 0 aliphatic heterocycles. The first-order chi connectivity index (χ1) is 7.18. The van der Waals surface area contributed by atoms with E-state index in [4.69, 9.17) is 10.8 Å². The molecule has 0 bridgehead atoms. The normalized spacial score (nSPS) is 12.1. The van der Waals surface area contributed by atoms with Gasteiger partial charge >= 0.3 is 5.97 Å². The molecule has 1 aromatic heterocycles. The van der Waals surface area contributed by atoms with E-state index in [1.54, 1.807) is 0 Å². The quantitative estimate of drug-likeness (QED) is 0.743. The second-order valence-corrected chi connectivity index (χ2v) is 3.51. The largest absolute Gasteiger partial charge is 0.480 e. The van der Waals surface area contributed by atoms with Crippen LogP contribution in [-0.2, 0) is 31.6 Å². The molecule has 1 heterocycles. The molecule has 5 heteroatoms. The number of para-hydroxylation sites is 1. The Bertz CT molecular complexity index is 495. The number of hydrogen-bond donors (Lipinski definition) is 3. The number of nitrogens with two attached hydrogens (primary N) is 1. The molecule has 0 unspecified atom stereocenters. The van der Waals surface area contributed by atoms with Gasteiger partial charge in [-0.2, -0.15) is 0 Å². The van der Waals surface area contributed by atoms with Crippen molar-refractivity contribution < 1.29 is 30.3 Å². The smallest absolute Gasteiger partial charge is 0.320 e. The van der Waals surface area contributed by atoms with Crippen LogP contribution in [0.5, 0.6) is 0 Å². The summed E-state index contributed by atoms with van der Waals surface area (Å²) in [6.07, 6.45) is 2.16. The van der Waals surface area contributed by atoms with E-state index in [0.717, 1.165) is 16.5 Å². The van der Waals surface area contributed by atoms with Crippen molar-refractivity contribution in [2.45, 2.75) is 12.5 Å². The average molecular weight is 311 g/mol. The molecule has 4 N–H and O–H groups in total. The zero-order valence-corrected chi connectivity index (χ0v) is 9.97. The van der Waals surface area contributed by atoms with Crippen LogP contribution in [0.2, 0.25) is 0 Å². The van der Waals surface area contributed by atoms with Crippen LogP contribution in [0.1, 0.15) is 5.56 Å². The summed E-state index contributed by atoms with van der Waals surface area (Å²) in [4.78, 5) is 13.7. The monoisotopic (exact) mass is 310 g/mol. The topological polar surface area (TPSA) is 79.1 Å². The van der Waals surface area contributed by atoms with Crippen LogP contribution in [0.15, 0.2) is 30.5 Å². The first-order valence-corrected chi connectivity index (χ1v) is 4.72. The van der Waals surface area contributed by atoms with Gasteiger partial charge in [-0.3, -0.25) is 4.79 Å². The summed E-state index contributed by atoms with van der Waals surface area (Å²) in [6.45, 7) is 0. The summed E-state index contributed by atoms with van der Waals surface area (Å²) < 4.78 is 0. The van der Waals surface area contributed by atoms with Crippen molar-refractivity contribution in [2.75, 3.05) is 0 Å². The SMILES string of the molecule is N[C@@H](Cc1c[nH]c2ccccc12)C(=O)O.[Pd]. The third-order valence-corrected chi connectivity index (χ3v) is 2.43. The van der Waals surface area contributed by atoms with Gasteiger partial charge < -0.3 is 15.8 Å². The number of aromatic nitrogens is 1. The molecular weight excluding hydrogens is 299 g/mol. The van der Waals surface area contributed by atoms with Gasteiger partial charge in [0.2, 0.25) is 0 Å². The van der Waals surface area contributed by atoms with Gasteiger partial charge in [0.1, 0.15) is 6.04 Å². The molecule has 4 nitrogen and oxygen atoms in total. The summed E-state index contributed by atoms with van der Waals surface area (Å²) in [5.74, 6) is -0.972. The van der Waals surface area contributed by atoms with Crippen LogP contribution in [0.25, 0.3) is 10.9 Å². The summed E-state index contributed by atoms with van der Waals surface area (Å²) in [5, 5.41) is 9.75. The fourth-order valence-corrected chi connectivity index (χ4v) is 1.62. The van der Waals surface area contributed by atoms with Crippen LogP contribution < -0.4 is 5.73 Å². The van der Waals surface area contributed by atoms with Crippen LogP contribution in [0, 0.1) is 0 Å². The minimum Gasteiger partial charge on any atom is -0.480 e. The minimum atomic E-state index is -0.972. The predicted octanol–water partition coefficient (Wildman–Crippen LogP) is 1.12. The van der Waals surface area contributed by atoms with E-state index in [-0.39, 0.29) is 20.4 Å². The number of nitrogens with one attached hydrogen (secondary N) is 1. The number of H-pyrrole nitrogens is 1. The van der Waals surface area contributed by atoms with Crippen LogP contribution in [-0.4, -0.2) is 22.1 Å². The van der Waals surface area contributed by atoms with Crippen molar-refractivity contribution >= 4 is 16.9 Å². The number of rotatable bonds is 3. The molecule has 16 heavy (non-hydrogen) atoms. The van der Waals surface area contributed by atoms with Gasteiger partial charge in [-0.15, -0.1) is 0 Å². The molecule has 0 saturated heterocycles. The second-order valence-electron chi connectivity index (χ2n) is 3.51. The average Bonchev–Trinajstić information content (AvgIpc) is 2.62. The van der Waals surface area contributed by atoms with Gasteiger partial charge in [0, 0.05) is 43.9 Å². The molecule has 88 valence electrons. The number of aliphatic carboxylic acids is 1. The van der Waals surface area contributed by atoms with Gasteiger partial charge in [0.05, 0.1) is 0 Å². The third kappa shape index (κ3) is 2.50. The molecule has 2 aromatic rings. The summed E-state index contributed by atoms with van der Waals surface area (Å²) in [7, 11) is 0. The zero-order valence-electron chi connectivity index (χ0n) is 8.42. The van der Waals surface area contributed by atoms with Crippen molar-refractivity contribution in [3.8, 4) is 0 Å². The van der Waals surface area contributed by atoms with Gasteiger partial charge in [0.25, 0.3) is 0 Å². The number of hydrogen-bond acceptors (Lipinski definition) is 2. The Kier molecular flexibility index (Phi) is 4.25. The fourth-order valence-electron chi connectivity index (χ4n) is 1.62. The van der Waals surface area contributed by atoms with E-state index in [0.29, 0.717) is 6.42 Å². The molecule has 0 spiro atoms. The van der Waals surface area contributed by atoms with E-state index in [9.17, 15) is 4.79 Å².